The molecule has 1 unspecified atom stereocenters. The number of hydrogen-bond donors (Lipinski definition) is 3. The quantitative estimate of drug-likeness (QED) is 0.624. The van der Waals surface area contributed by atoms with E-state index in [4.69, 9.17) is 0 Å². The van der Waals surface area contributed by atoms with Gasteiger partial charge in [-0.1, -0.05) is 18.2 Å². The number of carbonyl (C=O) groups is 1. The molecule has 0 bridgehead atoms. The molecule has 1 amide bonds. The van der Waals surface area contributed by atoms with Crippen LogP contribution in [0, 0.1) is 12.7 Å². The predicted molar refractivity (Wildman–Crippen MR) is 113 cm³/mol. The first-order valence-electron chi connectivity index (χ1n) is 10.0. The van der Waals surface area contributed by atoms with Crippen LogP contribution in [-0.2, 0) is 0 Å². The molecule has 1 saturated heterocycles. The van der Waals surface area contributed by atoms with E-state index in [0.717, 1.165) is 27.8 Å². The summed E-state index contributed by atoms with van der Waals surface area (Å²) in [5, 5.41) is 13.7. The van der Waals surface area contributed by atoms with Gasteiger partial charge in [-0.05, 0) is 51.0 Å². The van der Waals surface area contributed by atoms with Gasteiger partial charge in [0.05, 0.1) is 17.7 Å². The number of fused-ring (bicyclic) bond motifs is 1. The van der Waals surface area contributed by atoms with E-state index < -0.39 is 0 Å². The molecule has 5 nitrogen and oxygen atoms in total. The number of nitrogens with zero attached hydrogens (tertiary/aromatic N) is 1. The summed E-state index contributed by atoms with van der Waals surface area (Å²) in [5.74, 6) is -0.512. The summed E-state index contributed by atoms with van der Waals surface area (Å²) in [6.07, 6.45) is 1.09. The Morgan fingerprint density at radius 2 is 1.97 bits per heavy atom. The highest BCUT2D eigenvalue weighted by Gasteiger charge is 2.24. The van der Waals surface area contributed by atoms with Crippen molar-refractivity contribution in [1.29, 1.82) is 0 Å². The molecule has 0 saturated carbocycles. The van der Waals surface area contributed by atoms with Crippen molar-refractivity contribution in [3.05, 3.63) is 65.1 Å². The second-order valence-electron chi connectivity index (χ2n) is 7.79. The van der Waals surface area contributed by atoms with Gasteiger partial charge in [-0.3, -0.25) is 4.79 Å². The summed E-state index contributed by atoms with van der Waals surface area (Å²) in [5.41, 5.74) is 3.99. The number of benzene rings is 2. The van der Waals surface area contributed by atoms with E-state index in [1.807, 2.05) is 38.1 Å². The van der Waals surface area contributed by atoms with E-state index in [2.05, 4.69) is 15.2 Å². The molecule has 1 aliphatic heterocycles. The van der Waals surface area contributed by atoms with Gasteiger partial charge in [-0.2, -0.15) is 0 Å². The molecule has 2 aromatic carbocycles. The number of amides is 1. The smallest absolute Gasteiger partial charge is 0.254 e. The third-order valence-electron chi connectivity index (χ3n) is 5.73. The monoisotopic (exact) mass is 395 g/mol. The number of halogens is 1. The van der Waals surface area contributed by atoms with Crippen LogP contribution >= 0.6 is 0 Å². The number of hydrogen-bond acceptors (Lipinski definition) is 3. The van der Waals surface area contributed by atoms with Crippen LogP contribution in [0.5, 0.6) is 0 Å². The Bertz CT molecular complexity index is 1040. The molecule has 1 atom stereocenters. The first kappa shape index (κ1) is 19.5. The summed E-state index contributed by atoms with van der Waals surface area (Å²) in [7, 11) is 0. The molecule has 0 spiro atoms. The van der Waals surface area contributed by atoms with Crippen LogP contribution in [-0.4, -0.2) is 35.2 Å². The van der Waals surface area contributed by atoms with Crippen LogP contribution in [0.15, 0.2) is 42.5 Å². The zero-order valence-electron chi connectivity index (χ0n) is 16.7. The summed E-state index contributed by atoms with van der Waals surface area (Å²) in [6.45, 7) is 5.18. The number of aromatic nitrogens is 1. The van der Waals surface area contributed by atoms with Crippen molar-refractivity contribution in [2.24, 2.45) is 0 Å². The minimum atomic E-state index is -0.367. The van der Waals surface area contributed by atoms with Crippen molar-refractivity contribution in [3.63, 3.8) is 0 Å². The number of H-pyrrole nitrogens is 1. The van der Waals surface area contributed by atoms with Crippen molar-refractivity contribution < 1.29 is 14.3 Å². The fraction of sp³-hybridized carbons (Fsp3) is 0.348. The lowest BCUT2D eigenvalue weighted by molar-refractivity contribution is 0.0941. The molecule has 1 aliphatic rings. The second kappa shape index (κ2) is 7.87. The highest BCUT2D eigenvalue weighted by molar-refractivity contribution is 6.08. The highest BCUT2D eigenvalue weighted by Crippen LogP contribution is 2.30. The van der Waals surface area contributed by atoms with Gasteiger partial charge in [0.15, 0.2) is 0 Å². The van der Waals surface area contributed by atoms with Crippen molar-refractivity contribution in [3.8, 4) is 0 Å². The summed E-state index contributed by atoms with van der Waals surface area (Å²) in [6, 6.07) is 12.0. The predicted octanol–water partition coefficient (Wildman–Crippen LogP) is 4.07. The second-order valence-corrected chi connectivity index (χ2v) is 7.79. The van der Waals surface area contributed by atoms with Crippen molar-refractivity contribution in [1.82, 2.24) is 10.3 Å². The number of para-hydroxylation sites is 1. The number of aryl methyl sites for hydroxylation is 1. The minimum absolute atomic E-state index is 0.184. The van der Waals surface area contributed by atoms with Gasteiger partial charge in [0.2, 0.25) is 0 Å². The normalized spacial score (nSPS) is 16.2. The molecule has 6 heteroatoms. The number of carbonyl (C=O) groups excluding carboxylic acids is 1. The molecule has 3 aromatic rings. The fourth-order valence-electron chi connectivity index (χ4n) is 4.18. The fourth-order valence-corrected chi connectivity index (χ4v) is 4.18. The van der Waals surface area contributed by atoms with Gasteiger partial charge in [0.1, 0.15) is 5.82 Å². The average Bonchev–Trinajstić information content (AvgIpc) is 3.04. The lowest BCUT2D eigenvalue weighted by Crippen LogP contribution is -2.37. The van der Waals surface area contributed by atoms with Crippen molar-refractivity contribution >= 4 is 22.5 Å². The van der Waals surface area contributed by atoms with E-state index in [0.29, 0.717) is 31.5 Å². The number of rotatable bonds is 4. The maximum Gasteiger partial charge on any atom is 0.254 e. The Morgan fingerprint density at radius 3 is 2.72 bits per heavy atom. The van der Waals surface area contributed by atoms with E-state index >= 15 is 0 Å². The lowest BCUT2D eigenvalue weighted by Gasteiger charge is -2.34. The molecule has 29 heavy (non-hydrogen) atoms. The Labute approximate surface area is 169 Å². The number of aromatic amines is 1. The molecule has 1 fully saturated rings. The maximum atomic E-state index is 14.0. The van der Waals surface area contributed by atoms with Gasteiger partial charge >= 0.3 is 0 Å². The number of aliphatic hydroxyl groups is 1. The zero-order chi connectivity index (χ0) is 20.5. The van der Waals surface area contributed by atoms with E-state index in [-0.39, 0.29) is 23.9 Å². The topological polar surface area (TPSA) is 68.4 Å². The highest BCUT2D eigenvalue weighted by atomic mass is 19.1. The molecule has 4 rings (SSSR count). The molecule has 3 N–H and O–H groups in total. The third-order valence-corrected chi connectivity index (χ3v) is 5.73. The standard InChI is InChI=1S/C23H26FN3O2/c1-14(26-23(29)22-15(2)25-20-6-4-3-5-18(20)22)19-13-16(24)7-8-21(19)27-11-9-17(28)10-12-27/h3-8,13-14,17,25,28H,9-12H2,1-2H3,(H,26,29). The van der Waals surface area contributed by atoms with Gasteiger partial charge in [0.25, 0.3) is 5.91 Å². The van der Waals surface area contributed by atoms with Crippen LogP contribution in [0.25, 0.3) is 10.9 Å². The van der Waals surface area contributed by atoms with Gasteiger partial charge in [-0.15, -0.1) is 0 Å². The van der Waals surface area contributed by atoms with Crippen LogP contribution in [0.1, 0.15) is 47.4 Å². The SMILES string of the molecule is Cc1[nH]c2ccccc2c1C(=O)NC(C)c1cc(F)ccc1N1CCC(O)CC1. The van der Waals surface area contributed by atoms with Crippen molar-refractivity contribution in [2.45, 2.75) is 38.8 Å². The molecule has 2 heterocycles. The molecule has 0 radical (unpaired) electrons. The first-order chi connectivity index (χ1) is 13.9. The van der Waals surface area contributed by atoms with Crippen LogP contribution < -0.4 is 10.2 Å². The number of nitrogens with one attached hydrogen (secondary N) is 2. The summed E-state index contributed by atoms with van der Waals surface area (Å²) in [4.78, 5) is 18.5. The van der Waals surface area contributed by atoms with Crippen LogP contribution in [0.3, 0.4) is 0 Å². The maximum absolute atomic E-state index is 14.0. The van der Waals surface area contributed by atoms with E-state index in [1.54, 1.807) is 6.07 Å². The van der Waals surface area contributed by atoms with Gasteiger partial charge in [0, 0.05) is 40.9 Å². The molecule has 1 aromatic heterocycles. The first-order valence-corrected chi connectivity index (χ1v) is 10.0. The Hall–Kier alpha value is -2.86. The average molecular weight is 395 g/mol. The number of aliphatic hydroxyl groups excluding tert-OH is 1. The van der Waals surface area contributed by atoms with E-state index in [1.165, 1.54) is 12.1 Å². The summed E-state index contributed by atoms with van der Waals surface area (Å²) >= 11 is 0. The van der Waals surface area contributed by atoms with E-state index in [9.17, 15) is 14.3 Å². The Morgan fingerprint density at radius 1 is 1.24 bits per heavy atom. The third kappa shape index (κ3) is 3.85. The van der Waals surface area contributed by atoms with Crippen molar-refractivity contribution in [2.75, 3.05) is 18.0 Å². The van der Waals surface area contributed by atoms with Gasteiger partial charge in [-0.25, -0.2) is 4.39 Å². The number of piperidine rings is 1. The molecular formula is C23H26FN3O2. The molecule has 152 valence electrons. The lowest BCUT2D eigenvalue weighted by atomic mass is 10.0. The van der Waals surface area contributed by atoms with Crippen LogP contribution in [0.4, 0.5) is 10.1 Å². The molecule has 0 aliphatic carbocycles. The Balaban J connectivity index is 1.61. The van der Waals surface area contributed by atoms with Crippen LogP contribution in [0.2, 0.25) is 0 Å². The summed E-state index contributed by atoms with van der Waals surface area (Å²) < 4.78 is 14.0. The largest absolute Gasteiger partial charge is 0.393 e. The number of anilines is 1. The van der Waals surface area contributed by atoms with Gasteiger partial charge < -0.3 is 20.3 Å². The molecular weight excluding hydrogens is 369 g/mol. The zero-order valence-corrected chi connectivity index (χ0v) is 16.7. The Kier molecular flexibility index (Phi) is 5.28. The minimum Gasteiger partial charge on any atom is -0.393 e.